The molecule has 3 heterocycles. The van der Waals surface area contributed by atoms with Crippen LogP contribution in [-0.2, 0) is 14.4 Å². The number of primary amides is 1. The minimum absolute atomic E-state index is 0.0118. The molecule has 24 heavy (non-hydrogen) atoms. The predicted octanol–water partition coefficient (Wildman–Crippen LogP) is -1.48. The second-order valence-corrected chi connectivity index (χ2v) is 7.17. The van der Waals surface area contributed by atoms with Gasteiger partial charge in [0.15, 0.2) is 0 Å². The summed E-state index contributed by atoms with van der Waals surface area (Å²) in [4.78, 5) is 41.8. The minimum Gasteiger partial charge on any atom is -0.391 e. The maximum absolute atomic E-state index is 12.8. The lowest BCUT2D eigenvalue weighted by Gasteiger charge is -2.53. The molecule has 8 heteroatoms. The van der Waals surface area contributed by atoms with Gasteiger partial charge in [-0.05, 0) is 32.6 Å². The first-order chi connectivity index (χ1) is 11.4. The summed E-state index contributed by atoms with van der Waals surface area (Å²) >= 11 is 0. The third kappa shape index (κ3) is 2.67. The summed E-state index contributed by atoms with van der Waals surface area (Å²) in [6.07, 6.45) is 2.51. The summed E-state index contributed by atoms with van der Waals surface area (Å²) in [7, 11) is 0. The molecule has 0 aromatic rings. The number of carbonyl (C=O) groups is 3. The molecule has 0 aromatic carbocycles. The van der Waals surface area contributed by atoms with Gasteiger partial charge in [0.25, 0.3) is 0 Å². The van der Waals surface area contributed by atoms with Gasteiger partial charge in [-0.2, -0.15) is 0 Å². The molecule has 3 aliphatic rings. The Kier molecular flexibility index (Phi) is 4.52. The van der Waals surface area contributed by atoms with Gasteiger partial charge in [-0.15, -0.1) is 0 Å². The summed E-state index contributed by atoms with van der Waals surface area (Å²) in [5.41, 5.74) is 4.66. The van der Waals surface area contributed by atoms with Crippen molar-refractivity contribution in [3.05, 3.63) is 0 Å². The van der Waals surface area contributed by atoms with Crippen LogP contribution in [0.3, 0.4) is 0 Å². The van der Waals surface area contributed by atoms with E-state index in [1.54, 1.807) is 14.7 Å². The fourth-order valence-corrected chi connectivity index (χ4v) is 4.37. The van der Waals surface area contributed by atoms with Crippen molar-refractivity contribution < 1.29 is 19.5 Å². The molecule has 3 aliphatic heterocycles. The summed E-state index contributed by atoms with van der Waals surface area (Å²) < 4.78 is 0. The van der Waals surface area contributed by atoms with Gasteiger partial charge in [-0.25, -0.2) is 0 Å². The number of aliphatic hydroxyl groups is 1. The smallest absolute Gasteiger partial charge is 0.245 e. The van der Waals surface area contributed by atoms with Crippen LogP contribution in [-0.4, -0.2) is 87.9 Å². The van der Waals surface area contributed by atoms with Gasteiger partial charge in [-0.1, -0.05) is 0 Å². The number of likely N-dealkylation sites (tertiary alicyclic amines) is 3. The van der Waals surface area contributed by atoms with Crippen LogP contribution < -0.4 is 5.73 Å². The molecule has 3 atom stereocenters. The highest BCUT2D eigenvalue weighted by Gasteiger charge is 2.60. The first kappa shape index (κ1) is 17.2. The van der Waals surface area contributed by atoms with Crippen LogP contribution in [0.15, 0.2) is 0 Å². The highest BCUT2D eigenvalue weighted by molar-refractivity contribution is 5.97. The Balaban J connectivity index is 1.67. The zero-order valence-corrected chi connectivity index (χ0v) is 14.1. The Hall–Kier alpha value is -1.67. The van der Waals surface area contributed by atoms with Crippen molar-refractivity contribution in [2.45, 2.75) is 50.3 Å². The van der Waals surface area contributed by atoms with Crippen LogP contribution in [0, 0.1) is 0 Å². The van der Waals surface area contributed by atoms with E-state index in [0.717, 1.165) is 32.4 Å². The van der Waals surface area contributed by atoms with E-state index in [0.29, 0.717) is 19.5 Å². The van der Waals surface area contributed by atoms with Crippen molar-refractivity contribution in [1.29, 1.82) is 0 Å². The van der Waals surface area contributed by atoms with E-state index in [9.17, 15) is 19.5 Å². The molecular weight excluding hydrogens is 312 g/mol. The molecular formula is C16H26N4O4. The number of hydrogen-bond donors (Lipinski definition) is 2. The minimum atomic E-state index is -0.939. The summed E-state index contributed by atoms with van der Waals surface area (Å²) in [6.45, 7) is 4.12. The lowest BCUT2D eigenvalue weighted by atomic mass is 9.84. The van der Waals surface area contributed by atoms with Crippen LogP contribution in [0.1, 0.15) is 32.6 Å². The summed E-state index contributed by atoms with van der Waals surface area (Å²) in [5, 5.41) is 9.91. The lowest BCUT2D eigenvalue weighted by molar-refractivity contribution is -0.170. The molecule has 3 amide bonds. The number of hydrogen-bond acceptors (Lipinski definition) is 5. The maximum atomic E-state index is 12.8. The van der Waals surface area contributed by atoms with Crippen LogP contribution in [0.4, 0.5) is 0 Å². The van der Waals surface area contributed by atoms with Crippen LogP contribution in [0.2, 0.25) is 0 Å². The molecule has 0 aliphatic carbocycles. The van der Waals surface area contributed by atoms with Crippen LogP contribution in [0.25, 0.3) is 0 Å². The van der Waals surface area contributed by atoms with E-state index >= 15 is 0 Å². The first-order valence-corrected chi connectivity index (χ1v) is 8.68. The number of nitrogens with two attached hydrogens (primary N) is 1. The van der Waals surface area contributed by atoms with Crippen molar-refractivity contribution in [2.75, 3.05) is 32.7 Å². The Morgan fingerprint density at radius 1 is 1.25 bits per heavy atom. The number of rotatable bonds is 5. The van der Waals surface area contributed by atoms with Crippen molar-refractivity contribution in [3.63, 3.8) is 0 Å². The number of carbonyl (C=O) groups excluding carboxylic acids is 3. The molecule has 3 rings (SSSR count). The molecule has 3 fully saturated rings. The van der Waals surface area contributed by atoms with Crippen LogP contribution >= 0.6 is 0 Å². The lowest BCUT2D eigenvalue weighted by Crippen LogP contribution is -2.75. The van der Waals surface area contributed by atoms with E-state index < -0.39 is 23.6 Å². The Labute approximate surface area is 141 Å². The third-order valence-electron chi connectivity index (χ3n) is 5.55. The first-order valence-electron chi connectivity index (χ1n) is 8.68. The van der Waals surface area contributed by atoms with Gasteiger partial charge in [-0.3, -0.25) is 19.3 Å². The average Bonchev–Trinajstić information content (AvgIpc) is 3.17. The molecule has 2 unspecified atom stereocenters. The Morgan fingerprint density at radius 2 is 1.92 bits per heavy atom. The molecule has 0 radical (unpaired) electrons. The number of aliphatic hydroxyl groups excluding tert-OH is 1. The van der Waals surface area contributed by atoms with Crippen molar-refractivity contribution in [2.24, 2.45) is 5.73 Å². The number of nitrogens with zero attached hydrogens (tertiary/aromatic N) is 3. The highest BCUT2D eigenvalue weighted by atomic mass is 16.3. The quantitative estimate of drug-likeness (QED) is 0.595. The van der Waals surface area contributed by atoms with Gasteiger partial charge < -0.3 is 20.6 Å². The fraction of sp³-hybridized carbons (Fsp3) is 0.812. The van der Waals surface area contributed by atoms with Gasteiger partial charge in [0.2, 0.25) is 17.7 Å². The zero-order valence-electron chi connectivity index (χ0n) is 14.1. The molecule has 8 nitrogen and oxygen atoms in total. The second-order valence-electron chi connectivity index (χ2n) is 7.17. The third-order valence-corrected chi connectivity index (χ3v) is 5.55. The average molecular weight is 338 g/mol. The highest BCUT2D eigenvalue weighted by Crippen LogP contribution is 2.40. The van der Waals surface area contributed by atoms with E-state index in [-0.39, 0.29) is 18.4 Å². The number of amides is 3. The predicted molar refractivity (Wildman–Crippen MR) is 85.7 cm³/mol. The van der Waals surface area contributed by atoms with E-state index in [2.05, 4.69) is 0 Å². The van der Waals surface area contributed by atoms with Gasteiger partial charge in [0.05, 0.1) is 12.6 Å². The largest absolute Gasteiger partial charge is 0.391 e. The van der Waals surface area contributed by atoms with Gasteiger partial charge >= 0.3 is 0 Å². The van der Waals surface area contributed by atoms with Crippen molar-refractivity contribution in [3.8, 4) is 0 Å². The molecule has 0 aromatic heterocycles. The van der Waals surface area contributed by atoms with Crippen molar-refractivity contribution in [1.82, 2.24) is 14.7 Å². The SMILES string of the molecule is C[C@@H](O)C(C(N)=O)N1CCCC12CN(CC(=O)N1CCCC1)C2=O. The summed E-state index contributed by atoms with van der Waals surface area (Å²) in [5.74, 6) is -0.757. The van der Waals surface area contributed by atoms with Crippen LogP contribution in [0.5, 0.6) is 0 Å². The Morgan fingerprint density at radius 3 is 2.46 bits per heavy atom. The topological polar surface area (TPSA) is 107 Å². The standard InChI is InChI=1S/C16H26N4O4/c1-11(21)13(14(17)23)20-8-4-5-16(20)10-19(15(16)24)9-12(22)18-6-2-3-7-18/h11,13,21H,2-10H2,1H3,(H2,17,23)/t11-,13?,16?/m1/s1. The second kappa shape index (κ2) is 6.33. The molecule has 134 valence electrons. The molecule has 1 spiro atoms. The molecule has 0 saturated carbocycles. The molecule has 3 saturated heterocycles. The van der Waals surface area contributed by atoms with E-state index in [1.165, 1.54) is 6.92 Å². The van der Waals surface area contributed by atoms with Crippen molar-refractivity contribution >= 4 is 17.7 Å². The maximum Gasteiger partial charge on any atom is 0.245 e. The fourth-order valence-electron chi connectivity index (χ4n) is 4.37. The van der Waals surface area contributed by atoms with Gasteiger partial charge in [0, 0.05) is 26.2 Å². The Bertz CT molecular complexity index is 546. The van der Waals surface area contributed by atoms with E-state index in [1.807, 2.05) is 0 Å². The number of β-lactam (4-membered cyclic amide) rings is 1. The summed E-state index contributed by atoms with van der Waals surface area (Å²) in [6, 6.07) is -0.868. The molecule has 0 bridgehead atoms. The zero-order chi connectivity index (χ0) is 17.5. The molecule has 3 N–H and O–H groups in total. The monoisotopic (exact) mass is 338 g/mol. The van der Waals surface area contributed by atoms with E-state index in [4.69, 9.17) is 5.73 Å². The normalized spacial score (nSPS) is 29.8. The van der Waals surface area contributed by atoms with Gasteiger partial charge in [0.1, 0.15) is 11.6 Å².